The number of amides is 1. The van der Waals surface area contributed by atoms with Gasteiger partial charge in [-0.1, -0.05) is 18.2 Å². The van der Waals surface area contributed by atoms with Crippen molar-refractivity contribution in [2.75, 3.05) is 6.61 Å². The van der Waals surface area contributed by atoms with Crippen LogP contribution in [0.2, 0.25) is 0 Å². The zero-order chi connectivity index (χ0) is 16.8. The van der Waals surface area contributed by atoms with E-state index in [1.165, 1.54) is 6.21 Å². The van der Waals surface area contributed by atoms with E-state index in [1.807, 2.05) is 24.3 Å². The number of rotatable bonds is 5. The van der Waals surface area contributed by atoms with Crippen molar-refractivity contribution in [1.29, 1.82) is 5.26 Å². The quantitative estimate of drug-likeness (QED) is 0.578. The van der Waals surface area contributed by atoms with E-state index in [2.05, 4.69) is 10.5 Å². The number of nitrogens with one attached hydrogen (secondary N) is 1. The number of hydrazone groups is 1. The Morgan fingerprint density at radius 3 is 2.79 bits per heavy atom. The van der Waals surface area contributed by atoms with Gasteiger partial charge in [0.2, 0.25) is 0 Å². The number of carbonyl (C=O) groups is 1. The molecule has 3 rings (SSSR count). The molecule has 3 aromatic rings. The van der Waals surface area contributed by atoms with Gasteiger partial charge in [-0.25, -0.2) is 5.43 Å². The highest BCUT2D eigenvalue weighted by atomic mass is 16.5. The van der Waals surface area contributed by atoms with Gasteiger partial charge in [0, 0.05) is 5.39 Å². The molecular weight excluding hydrogens is 306 g/mol. The van der Waals surface area contributed by atoms with Crippen LogP contribution in [0.5, 0.6) is 5.75 Å². The molecule has 0 saturated heterocycles. The molecule has 6 heteroatoms. The van der Waals surface area contributed by atoms with E-state index in [1.54, 1.807) is 36.4 Å². The smallest absolute Gasteiger partial charge is 0.307 e. The number of para-hydroxylation sites is 1. The Hall–Kier alpha value is -3.59. The summed E-state index contributed by atoms with van der Waals surface area (Å²) in [6.07, 6.45) is 1.51. The predicted molar refractivity (Wildman–Crippen MR) is 88.8 cm³/mol. The van der Waals surface area contributed by atoms with Gasteiger partial charge in [-0.05, 0) is 42.0 Å². The first-order valence-corrected chi connectivity index (χ1v) is 7.18. The Balaban J connectivity index is 1.61. The average molecular weight is 319 g/mol. The summed E-state index contributed by atoms with van der Waals surface area (Å²) in [7, 11) is 0. The van der Waals surface area contributed by atoms with Crippen LogP contribution < -0.4 is 10.2 Å². The first-order chi connectivity index (χ1) is 11.8. The third kappa shape index (κ3) is 3.59. The molecule has 0 bridgehead atoms. The minimum Gasteiger partial charge on any atom is -0.479 e. The largest absolute Gasteiger partial charge is 0.479 e. The molecule has 24 heavy (non-hydrogen) atoms. The van der Waals surface area contributed by atoms with Crippen LogP contribution in [0.4, 0.5) is 0 Å². The lowest BCUT2D eigenvalue weighted by atomic mass is 10.2. The zero-order valence-electron chi connectivity index (χ0n) is 12.6. The van der Waals surface area contributed by atoms with E-state index in [9.17, 15) is 4.79 Å². The number of hydrogen-bond donors (Lipinski definition) is 1. The summed E-state index contributed by atoms with van der Waals surface area (Å²) in [5.41, 5.74) is 3.85. The van der Waals surface area contributed by atoms with E-state index in [-0.39, 0.29) is 12.4 Å². The Morgan fingerprint density at radius 2 is 2.04 bits per heavy atom. The van der Waals surface area contributed by atoms with E-state index in [0.717, 1.165) is 10.9 Å². The first-order valence-electron chi connectivity index (χ1n) is 7.18. The van der Waals surface area contributed by atoms with Crippen molar-refractivity contribution < 1.29 is 13.9 Å². The number of benzene rings is 2. The summed E-state index contributed by atoms with van der Waals surface area (Å²) in [6, 6.07) is 17.9. The van der Waals surface area contributed by atoms with E-state index in [4.69, 9.17) is 14.4 Å². The van der Waals surface area contributed by atoms with E-state index in [0.29, 0.717) is 11.3 Å². The summed E-state index contributed by atoms with van der Waals surface area (Å²) in [6.45, 7) is 0.000986. The van der Waals surface area contributed by atoms with Gasteiger partial charge in [-0.15, -0.1) is 0 Å². The maximum atomic E-state index is 12.0. The summed E-state index contributed by atoms with van der Waals surface area (Å²) < 4.78 is 10.6. The van der Waals surface area contributed by atoms with Crippen molar-refractivity contribution in [1.82, 2.24) is 5.43 Å². The standard InChI is InChI=1S/C18H13N3O3/c19-9-10-23-15-7-5-13(6-8-15)12-20-21-18(22)17-11-14-3-1-2-4-16(14)24-17/h1-8,11-12H,10H2,(H,21,22)/b20-12+. The maximum absolute atomic E-state index is 12.0. The molecule has 0 aliphatic heterocycles. The summed E-state index contributed by atoms with van der Waals surface area (Å²) >= 11 is 0. The normalized spacial score (nSPS) is 10.6. The summed E-state index contributed by atoms with van der Waals surface area (Å²) in [4.78, 5) is 12.0. The van der Waals surface area contributed by atoms with Crippen LogP contribution in [0.1, 0.15) is 16.1 Å². The van der Waals surface area contributed by atoms with Crippen molar-refractivity contribution in [3.8, 4) is 11.8 Å². The maximum Gasteiger partial charge on any atom is 0.307 e. The third-order valence-electron chi connectivity index (χ3n) is 3.21. The SMILES string of the molecule is N#CCOc1ccc(/C=N/NC(=O)c2cc3ccccc3o2)cc1. The van der Waals surface area contributed by atoms with Crippen LogP contribution in [0.3, 0.4) is 0 Å². The average Bonchev–Trinajstić information content (AvgIpc) is 3.05. The molecule has 0 aliphatic rings. The van der Waals surface area contributed by atoms with E-state index >= 15 is 0 Å². The van der Waals surface area contributed by atoms with Crippen molar-refractivity contribution in [3.63, 3.8) is 0 Å². The van der Waals surface area contributed by atoms with E-state index < -0.39 is 5.91 Å². The van der Waals surface area contributed by atoms with Crippen LogP contribution in [-0.2, 0) is 0 Å². The Bertz CT molecular complexity index is 888. The lowest BCUT2D eigenvalue weighted by Gasteiger charge is -2.01. The molecule has 1 aromatic heterocycles. The second-order valence-electron chi connectivity index (χ2n) is 4.86. The molecule has 1 amide bonds. The lowest BCUT2D eigenvalue weighted by Crippen LogP contribution is -2.16. The fraction of sp³-hybridized carbons (Fsp3) is 0.0556. The molecule has 2 aromatic carbocycles. The fourth-order valence-corrected chi connectivity index (χ4v) is 2.08. The van der Waals surface area contributed by atoms with Gasteiger partial charge in [0.15, 0.2) is 12.4 Å². The highest BCUT2D eigenvalue weighted by Crippen LogP contribution is 2.18. The van der Waals surface area contributed by atoms with Gasteiger partial charge in [0.1, 0.15) is 17.4 Å². The molecule has 1 heterocycles. The van der Waals surface area contributed by atoms with Crippen molar-refractivity contribution in [2.24, 2.45) is 5.10 Å². The number of fused-ring (bicyclic) bond motifs is 1. The topological polar surface area (TPSA) is 87.6 Å². The van der Waals surface area contributed by atoms with Gasteiger partial charge < -0.3 is 9.15 Å². The van der Waals surface area contributed by atoms with Crippen LogP contribution in [0.15, 0.2) is 64.1 Å². The van der Waals surface area contributed by atoms with Crippen LogP contribution in [0.25, 0.3) is 11.0 Å². The molecule has 0 spiro atoms. The molecule has 118 valence electrons. The number of ether oxygens (including phenoxy) is 1. The second-order valence-corrected chi connectivity index (χ2v) is 4.86. The van der Waals surface area contributed by atoms with Gasteiger partial charge in [-0.3, -0.25) is 4.79 Å². The molecule has 1 N–H and O–H groups in total. The predicted octanol–water partition coefficient (Wildman–Crippen LogP) is 3.10. The fourth-order valence-electron chi connectivity index (χ4n) is 2.08. The number of carbonyl (C=O) groups excluding carboxylic acids is 1. The molecule has 0 fully saturated rings. The third-order valence-corrected chi connectivity index (χ3v) is 3.21. The number of nitriles is 1. The van der Waals surface area contributed by atoms with Gasteiger partial charge in [0.05, 0.1) is 6.21 Å². The Morgan fingerprint density at radius 1 is 1.25 bits per heavy atom. The molecule has 6 nitrogen and oxygen atoms in total. The van der Waals surface area contributed by atoms with Crippen LogP contribution in [0, 0.1) is 11.3 Å². The number of hydrogen-bond acceptors (Lipinski definition) is 5. The highest BCUT2D eigenvalue weighted by molar-refractivity contribution is 5.96. The molecule has 0 aliphatic carbocycles. The molecular formula is C18H13N3O3. The molecule has 0 saturated carbocycles. The molecule has 0 unspecified atom stereocenters. The number of nitrogens with zero attached hydrogens (tertiary/aromatic N) is 2. The Labute approximate surface area is 138 Å². The lowest BCUT2D eigenvalue weighted by molar-refractivity contribution is 0.0929. The molecule has 0 atom stereocenters. The first kappa shape index (κ1) is 15.3. The Kier molecular flexibility index (Phi) is 4.54. The van der Waals surface area contributed by atoms with Gasteiger partial charge in [0.25, 0.3) is 0 Å². The van der Waals surface area contributed by atoms with Crippen molar-refractivity contribution in [2.45, 2.75) is 0 Å². The minimum absolute atomic E-state index is 0.000986. The van der Waals surface area contributed by atoms with Crippen LogP contribution in [-0.4, -0.2) is 18.7 Å². The van der Waals surface area contributed by atoms with Crippen molar-refractivity contribution in [3.05, 3.63) is 65.9 Å². The van der Waals surface area contributed by atoms with Gasteiger partial charge >= 0.3 is 5.91 Å². The van der Waals surface area contributed by atoms with Crippen molar-refractivity contribution >= 4 is 23.1 Å². The monoisotopic (exact) mass is 319 g/mol. The highest BCUT2D eigenvalue weighted by Gasteiger charge is 2.10. The number of furan rings is 1. The van der Waals surface area contributed by atoms with Gasteiger partial charge in [-0.2, -0.15) is 10.4 Å². The zero-order valence-corrected chi connectivity index (χ0v) is 12.6. The summed E-state index contributed by atoms with van der Waals surface area (Å²) in [5.74, 6) is 0.380. The summed E-state index contributed by atoms with van der Waals surface area (Å²) in [5, 5.41) is 13.2. The second kappa shape index (κ2) is 7.11. The molecule has 0 radical (unpaired) electrons. The van der Waals surface area contributed by atoms with Crippen LogP contribution >= 0.6 is 0 Å². The minimum atomic E-state index is -0.420.